The van der Waals surface area contributed by atoms with E-state index in [1.54, 1.807) is 0 Å². The van der Waals surface area contributed by atoms with Crippen molar-refractivity contribution < 1.29 is 0 Å². The first-order chi connectivity index (χ1) is 14.8. The van der Waals surface area contributed by atoms with Crippen LogP contribution in [0, 0.1) is 0 Å². The first-order valence-electron chi connectivity index (χ1n) is 11.0. The zero-order valence-corrected chi connectivity index (χ0v) is 19.1. The third-order valence-corrected chi connectivity index (χ3v) is 7.76. The van der Waals surface area contributed by atoms with Crippen LogP contribution in [0.25, 0.3) is 33.4 Å². The van der Waals surface area contributed by atoms with Gasteiger partial charge in [-0.2, -0.15) is 0 Å². The second-order valence-corrected chi connectivity index (χ2v) is 10.4. The fraction of sp³-hybridized carbons (Fsp3) is 0.200. The molecule has 4 aromatic carbocycles. The van der Waals surface area contributed by atoms with E-state index in [4.69, 9.17) is 11.6 Å². The second-order valence-electron chi connectivity index (χ2n) is 9.97. The molecule has 0 spiro atoms. The van der Waals surface area contributed by atoms with E-state index in [1.165, 1.54) is 55.6 Å². The van der Waals surface area contributed by atoms with Crippen molar-refractivity contribution in [2.45, 2.75) is 38.5 Å². The first-order valence-corrected chi connectivity index (χ1v) is 11.4. The fourth-order valence-corrected chi connectivity index (χ4v) is 6.14. The van der Waals surface area contributed by atoms with E-state index < -0.39 is 0 Å². The molecule has 0 aliphatic heterocycles. The minimum absolute atomic E-state index is 0.00585. The van der Waals surface area contributed by atoms with E-state index in [0.717, 1.165) is 5.02 Å². The van der Waals surface area contributed by atoms with Gasteiger partial charge < -0.3 is 0 Å². The van der Waals surface area contributed by atoms with Crippen LogP contribution in [-0.2, 0) is 10.8 Å². The average molecular weight is 421 g/mol. The molecule has 0 unspecified atom stereocenters. The summed E-state index contributed by atoms with van der Waals surface area (Å²) in [5.74, 6) is 0. The molecule has 0 bridgehead atoms. The normalized spacial score (nSPS) is 16.4. The van der Waals surface area contributed by atoms with Gasteiger partial charge in [-0.15, -0.1) is 0 Å². The smallest absolute Gasteiger partial charge is 0.0409 e. The van der Waals surface area contributed by atoms with Crippen LogP contribution in [0.15, 0.2) is 78.9 Å². The van der Waals surface area contributed by atoms with Gasteiger partial charge in [-0.3, -0.25) is 0 Å². The fourth-order valence-electron chi connectivity index (χ4n) is 5.97. The molecule has 0 saturated heterocycles. The highest BCUT2D eigenvalue weighted by molar-refractivity contribution is 6.30. The Morgan fingerprint density at radius 2 is 1.13 bits per heavy atom. The lowest BCUT2D eigenvalue weighted by Crippen LogP contribution is -2.17. The maximum atomic E-state index is 6.39. The van der Waals surface area contributed by atoms with Crippen molar-refractivity contribution in [3.05, 3.63) is 106 Å². The summed E-state index contributed by atoms with van der Waals surface area (Å²) in [6.07, 6.45) is 0. The number of hydrogen-bond donors (Lipinski definition) is 0. The molecule has 0 heterocycles. The lowest BCUT2D eigenvalue weighted by atomic mass is 9.77. The van der Waals surface area contributed by atoms with E-state index in [2.05, 4.69) is 100 Å². The van der Waals surface area contributed by atoms with Crippen molar-refractivity contribution in [1.82, 2.24) is 0 Å². The Morgan fingerprint density at radius 1 is 0.516 bits per heavy atom. The Morgan fingerprint density at radius 3 is 1.97 bits per heavy atom. The molecule has 0 N–H and O–H groups in total. The molecule has 0 fully saturated rings. The zero-order chi connectivity index (χ0) is 21.5. The third-order valence-electron chi connectivity index (χ3n) is 7.53. The summed E-state index contributed by atoms with van der Waals surface area (Å²) in [5.41, 5.74) is 13.5. The molecule has 0 aromatic heterocycles. The summed E-state index contributed by atoms with van der Waals surface area (Å²) >= 11 is 6.39. The van der Waals surface area contributed by atoms with Crippen molar-refractivity contribution in [1.29, 1.82) is 0 Å². The van der Waals surface area contributed by atoms with Gasteiger partial charge in [0.2, 0.25) is 0 Å². The van der Waals surface area contributed by atoms with Gasteiger partial charge in [0.05, 0.1) is 0 Å². The predicted molar refractivity (Wildman–Crippen MR) is 132 cm³/mol. The average Bonchev–Trinajstić information content (AvgIpc) is 3.13. The predicted octanol–water partition coefficient (Wildman–Crippen LogP) is 8.62. The van der Waals surface area contributed by atoms with E-state index in [-0.39, 0.29) is 10.8 Å². The number of rotatable bonds is 1. The van der Waals surface area contributed by atoms with Crippen molar-refractivity contribution in [3.63, 3.8) is 0 Å². The lowest BCUT2D eigenvalue weighted by Gasteiger charge is -2.26. The van der Waals surface area contributed by atoms with Crippen LogP contribution in [0.2, 0.25) is 5.02 Å². The number of hydrogen-bond acceptors (Lipinski definition) is 0. The summed E-state index contributed by atoms with van der Waals surface area (Å²) in [7, 11) is 0. The minimum Gasteiger partial charge on any atom is -0.0843 e. The molecule has 6 rings (SSSR count). The lowest BCUT2D eigenvalue weighted by molar-refractivity contribution is 0.659. The van der Waals surface area contributed by atoms with Gasteiger partial charge in [-0.25, -0.2) is 0 Å². The van der Waals surface area contributed by atoms with Crippen molar-refractivity contribution in [2.75, 3.05) is 0 Å². The molecule has 152 valence electrons. The zero-order valence-electron chi connectivity index (χ0n) is 18.4. The highest BCUT2D eigenvalue weighted by atomic mass is 35.5. The molecule has 0 atom stereocenters. The number of halogens is 1. The van der Waals surface area contributed by atoms with Crippen LogP contribution >= 0.6 is 11.6 Å². The molecule has 1 heteroatoms. The van der Waals surface area contributed by atoms with Gasteiger partial charge in [0.25, 0.3) is 0 Å². The summed E-state index contributed by atoms with van der Waals surface area (Å²) in [6.45, 7) is 9.34. The monoisotopic (exact) mass is 420 g/mol. The molecular weight excluding hydrogens is 396 g/mol. The molecule has 4 aromatic rings. The maximum Gasteiger partial charge on any atom is 0.0409 e. The molecule has 0 radical (unpaired) electrons. The standard InChI is InChI=1S/C30H25Cl/c1-29(2)25-11-6-5-8-21(25)22-14-12-18(16-26(22)29)20-9-7-10-24-23-15-13-19(31)17-27(23)30(3,4)28(20)24/h5-17H,1-4H3. The van der Waals surface area contributed by atoms with E-state index in [9.17, 15) is 0 Å². The quantitative estimate of drug-likeness (QED) is 0.289. The highest BCUT2D eigenvalue weighted by Gasteiger charge is 2.39. The topological polar surface area (TPSA) is 0 Å². The molecular formula is C30H25Cl. The summed E-state index contributed by atoms with van der Waals surface area (Å²) in [5, 5.41) is 0.804. The van der Waals surface area contributed by atoms with Crippen molar-refractivity contribution >= 4 is 11.6 Å². The number of benzene rings is 4. The van der Waals surface area contributed by atoms with Gasteiger partial charge in [-0.05, 0) is 73.8 Å². The van der Waals surface area contributed by atoms with E-state index in [1.807, 2.05) is 6.07 Å². The minimum atomic E-state index is -0.0936. The van der Waals surface area contributed by atoms with Crippen LogP contribution in [0.3, 0.4) is 0 Å². The van der Waals surface area contributed by atoms with Crippen LogP contribution in [0.1, 0.15) is 49.9 Å². The van der Waals surface area contributed by atoms with Crippen LogP contribution < -0.4 is 0 Å². The van der Waals surface area contributed by atoms with Crippen LogP contribution in [0.5, 0.6) is 0 Å². The first kappa shape index (κ1) is 18.9. The molecule has 2 aliphatic rings. The molecule has 0 saturated carbocycles. The molecule has 2 aliphatic carbocycles. The largest absolute Gasteiger partial charge is 0.0843 e. The Bertz CT molecular complexity index is 1390. The van der Waals surface area contributed by atoms with Crippen molar-refractivity contribution in [2.24, 2.45) is 0 Å². The Balaban J connectivity index is 1.58. The van der Waals surface area contributed by atoms with Gasteiger partial charge >= 0.3 is 0 Å². The van der Waals surface area contributed by atoms with Gasteiger partial charge in [0, 0.05) is 15.9 Å². The van der Waals surface area contributed by atoms with Crippen LogP contribution in [0.4, 0.5) is 0 Å². The molecule has 0 amide bonds. The SMILES string of the molecule is CC1(C)c2ccccc2-c2ccc(-c3cccc4c3C(C)(C)c3cc(Cl)ccc3-4)cc21. The van der Waals surface area contributed by atoms with E-state index in [0.29, 0.717) is 0 Å². The Hall–Kier alpha value is -2.83. The van der Waals surface area contributed by atoms with Gasteiger partial charge in [0.15, 0.2) is 0 Å². The molecule has 31 heavy (non-hydrogen) atoms. The number of fused-ring (bicyclic) bond motifs is 6. The third kappa shape index (κ3) is 2.43. The van der Waals surface area contributed by atoms with Gasteiger partial charge in [-0.1, -0.05) is 100.0 Å². The highest BCUT2D eigenvalue weighted by Crippen LogP contribution is 2.54. The van der Waals surface area contributed by atoms with Crippen molar-refractivity contribution in [3.8, 4) is 33.4 Å². The maximum absolute atomic E-state index is 6.39. The summed E-state index contributed by atoms with van der Waals surface area (Å²) in [6, 6.07) is 29.0. The van der Waals surface area contributed by atoms with Crippen LogP contribution in [-0.4, -0.2) is 0 Å². The van der Waals surface area contributed by atoms with Gasteiger partial charge in [0.1, 0.15) is 0 Å². The molecule has 0 nitrogen and oxygen atoms in total. The summed E-state index contributed by atoms with van der Waals surface area (Å²) < 4.78 is 0. The Labute approximate surface area is 189 Å². The Kier molecular flexibility index (Phi) is 3.73. The van der Waals surface area contributed by atoms with E-state index >= 15 is 0 Å². The summed E-state index contributed by atoms with van der Waals surface area (Å²) in [4.78, 5) is 0. The second kappa shape index (κ2) is 6.11.